The number of rotatable bonds is 6. The molecule has 0 bridgehead atoms. The monoisotopic (exact) mass is 295 g/mol. The number of aryl methyl sites for hydroxylation is 2. The first-order valence-corrected chi connectivity index (χ1v) is 8.25. The molecular formula is C15H25N3OS. The summed E-state index contributed by atoms with van der Waals surface area (Å²) in [6.07, 6.45) is 3.15. The molecule has 5 heteroatoms. The van der Waals surface area contributed by atoms with Crippen molar-refractivity contribution >= 4 is 17.7 Å². The van der Waals surface area contributed by atoms with Gasteiger partial charge in [0.2, 0.25) is 5.91 Å². The Hall–Kier alpha value is -1.10. The highest BCUT2D eigenvalue weighted by Gasteiger charge is 2.13. The number of nitrogens with one attached hydrogen (secondary N) is 1. The van der Waals surface area contributed by atoms with E-state index in [1.807, 2.05) is 27.0 Å². The van der Waals surface area contributed by atoms with E-state index in [0.29, 0.717) is 18.8 Å². The van der Waals surface area contributed by atoms with Gasteiger partial charge in [-0.3, -0.25) is 4.79 Å². The molecular weight excluding hydrogens is 270 g/mol. The van der Waals surface area contributed by atoms with E-state index in [2.05, 4.69) is 29.1 Å². The third kappa shape index (κ3) is 4.78. The molecule has 0 unspecified atom stereocenters. The van der Waals surface area contributed by atoms with Crippen molar-refractivity contribution in [3.63, 3.8) is 0 Å². The van der Waals surface area contributed by atoms with E-state index in [1.165, 1.54) is 0 Å². The number of amides is 1. The highest BCUT2D eigenvalue weighted by atomic mass is 32.2. The summed E-state index contributed by atoms with van der Waals surface area (Å²) in [4.78, 5) is 20.8. The molecule has 1 aromatic heterocycles. The van der Waals surface area contributed by atoms with E-state index >= 15 is 0 Å². The van der Waals surface area contributed by atoms with Crippen LogP contribution in [0.25, 0.3) is 0 Å². The summed E-state index contributed by atoms with van der Waals surface area (Å²) in [5, 5.41) is 3.82. The number of hydrogen-bond donors (Lipinski definition) is 1. The average Bonchev–Trinajstić information content (AvgIpc) is 2.37. The summed E-state index contributed by atoms with van der Waals surface area (Å²) < 4.78 is 0. The van der Waals surface area contributed by atoms with Crippen molar-refractivity contribution in [2.75, 3.05) is 6.26 Å². The van der Waals surface area contributed by atoms with Crippen LogP contribution in [0.5, 0.6) is 0 Å². The number of hydrogen-bond acceptors (Lipinski definition) is 4. The molecule has 1 heterocycles. The van der Waals surface area contributed by atoms with E-state index < -0.39 is 0 Å². The van der Waals surface area contributed by atoms with Crippen LogP contribution < -0.4 is 5.32 Å². The normalized spacial score (nSPS) is 12.6. The standard InChI is InChI=1S/C15H25N3OS/c1-9(2)10(3)16-14(19)8-7-13-11(4)17-15(20-6)18-12(13)5/h9-10H,7-8H2,1-6H3,(H,16,19)/t10-/m1/s1. The van der Waals surface area contributed by atoms with Gasteiger partial charge in [0.25, 0.3) is 0 Å². The molecule has 1 rings (SSSR count). The fourth-order valence-electron chi connectivity index (χ4n) is 1.89. The van der Waals surface area contributed by atoms with Gasteiger partial charge in [-0.2, -0.15) is 0 Å². The highest BCUT2D eigenvalue weighted by molar-refractivity contribution is 7.98. The average molecular weight is 295 g/mol. The first kappa shape index (κ1) is 17.0. The van der Waals surface area contributed by atoms with E-state index in [9.17, 15) is 4.79 Å². The molecule has 0 saturated heterocycles. The SMILES string of the molecule is CSc1nc(C)c(CCC(=O)N[C@H](C)C(C)C)c(C)n1. The number of carbonyl (C=O) groups excluding carboxylic acids is 1. The number of carbonyl (C=O) groups is 1. The Morgan fingerprint density at radius 2 is 1.75 bits per heavy atom. The van der Waals surface area contributed by atoms with Crippen LogP contribution in [-0.4, -0.2) is 28.2 Å². The van der Waals surface area contributed by atoms with Crippen LogP contribution in [0, 0.1) is 19.8 Å². The summed E-state index contributed by atoms with van der Waals surface area (Å²) in [7, 11) is 0. The van der Waals surface area contributed by atoms with Crippen molar-refractivity contribution in [1.29, 1.82) is 0 Å². The summed E-state index contributed by atoms with van der Waals surface area (Å²) in [6.45, 7) is 10.2. The second kappa shape index (κ2) is 7.62. The van der Waals surface area contributed by atoms with Gasteiger partial charge in [0.15, 0.2) is 5.16 Å². The number of nitrogens with zero attached hydrogens (tertiary/aromatic N) is 2. The smallest absolute Gasteiger partial charge is 0.220 e. The maximum absolute atomic E-state index is 11.9. The van der Waals surface area contributed by atoms with Crippen molar-refractivity contribution in [3.05, 3.63) is 17.0 Å². The largest absolute Gasteiger partial charge is 0.353 e. The van der Waals surface area contributed by atoms with Crippen molar-refractivity contribution in [2.45, 2.75) is 58.7 Å². The lowest BCUT2D eigenvalue weighted by Crippen LogP contribution is -2.36. The first-order valence-electron chi connectivity index (χ1n) is 7.02. The van der Waals surface area contributed by atoms with Gasteiger partial charge < -0.3 is 5.32 Å². The van der Waals surface area contributed by atoms with Gasteiger partial charge in [0.05, 0.1) is 0 Å². The Labute approximate surface area is 126 Å². The Kier molecular flexibility index (Phi) is 6.46. The van der Waals surface area contributed by atoms with Crippen LogP contribution in [-0.2, 0) is 11.2 Å². The summed E-state index contributed by atoms with van der Waals surface area (Å²) in [5.41, 5.74) is 3.05. The molecule has 20 heavy (non-hydrogen) atoms. The Morgan fingerprint density at radius 1 is 1.20 bits per heavy atom. The van der Waals surface area contributed by atoms with E-state index in [0.717, 1.165) is 22.1 Å². The van der Waals surface area contributed by atoms with Crippen molar-refractivity contribution in [3.8, 4) is 0 Å². The van der Waals surface area contributed by atoms with Crippen molar-refractivity contribution < 1.29 is 4.79 Å². The molecule has 1 aromatic rings. The van der Waals surface area contributed by atoms with Gasteiger partial charge in [0.1, 0.15) is 0 Å². The lowest BCUT2D eigenvalue weighted by molar-refractivity contribution is -0.121. The minimum absolute atomic E-state index is 0.0962. The lowest BCUT2D eigenvalue weighted by atomic mass is 10.0. The molecule has 4 nitrogen and oxygen atoms in total. The molecule has 0 aliphatic heterocycles. The second-order valence-corrected chi connectivity index (χ2v) is 6.23. The Bertz CT molecular complexity index is 451. The molecule has 0 aliphatic carbocycles. The summed E-state index contributed by atoms with van der Waals surface area (Å²) in [5.74, 6) is 0.547. The molecule has 1 N–H and O–H groups in total. The lowest BCUT2D eigenvalue weighted by Gasteiger charge is -2.17. The second-order valence-electron chi connectivity index (χ2n) is 5.46. The molecule has 0 saturated carbocycles. The molecule has 0 spiro atoms. The molecule has 112 valence electrons. The van der Waals surface area contributed by atoms with Crippen molar-refractivity contribution in [2.24, 2.45) is 5.92 Å². The fourth-order valence-corrected chi connectivity index (χ4v) is 2.35. The molecule has 0 fully saturated rings. The summed E-state index contributed by atoms with van der Waals surface area (Å²) >= 11 is 1.54. The fraction of sp³-hybridized carbons (Fsp3) is 0.667. The number of aromatic nitrogens is 2. The van der Waals surface area contributed by atoms with Crippen LogP contribution in [0.4, 0.5) is 0 Å². The van der Waals surface area contributed by atoms with Crippen LogP contribution in [0.2, 0.25) is 0 Å². The molecule has 0 aliphatic rings. The zero-order chi connectivity index (χ0) is 15.3. The zero-order valence-corrected chi connectivity index (χ0v) is 14.1. The van der Waals surface area contributed by atoms with Crippen LogP contribution in [0.3, 0.4) is 0 Å². The van der Waals surface area contributed by atoms with Crippen LogP contribution in [0.15, 0.2) is 5.16 Å². The van der Waals surface area contributed by atoms with Crippen LogP contribution >= 0.6 is 11.8 Å². The highest BCUT2D eigenvalue weighted by Crippen LogP contribution is 2.17. The minimum atomic E-state index is 0.0962. The van der Waals surface area contributed by atoms with Crippen molar-refractivity contribution in [1.82, 2.24) is 15.3 Å². The predicted octanol–water partition coefficient (Wildman–Crippen LogP) is 2.91. The van der Waals surface area contributed by atoms with Gasteiger partial charge in [-0.25, -0.2) is 9.97 Å². The third-order valence-electron chi connectivity index (χ3n) is 3.57. The van der Waals surface area contributed by atoms with Gasteiger partial charge in [0, 0.05) is 23.9 Å². The van der Waals surface area contributed by atoms with Gasteiger partial charge >= 0.3 is 0 Å². The Balaban J connectivity index is 2.64. The Morgan fingerprint density at radius 3 is 2.20 bits per heavy atom. The van der Waals surface area contributed by atoms with E-state index in [-0.39, 0.29) is 11.9 Å². The zero-order valence-electron chi connectivity index (χ0n) is 13.3. The molecule has 1 atom stereocenters. The first-order chi connectivity index (χ1) is 9.35. The molecule has 1 amide bonds. The van der Waals surface area contributed by atoms with Gasteiger partial charge in [-0.15, -0.1) is 0 Å². The number of thioether (sulfide) groups is 1. The third-order valence-corrected chi connectivity index (χ3v) is 4.12. The van der Waals surface area contributed by atoms with E-state index in [4.69, 9.17) is 0 Å². The van der Waals surface area contributed by atoms with Gasteiger partial charge in [-0.1, -0.05) is 25.6 Å². The maximum atomic E-state index is 11.9. The quantitative estimate of drug-likeness (QED) is 0.647. The van der Waals surface area contributed by atoms with E-state index in [1.54, 1.807) is 11.8 Å². The predicted molar refractivity (Wildman–Crippen MR) is 84.1 cm³/mol. The molecule has 0 aromatic carbocycles. The minimum Gasteiger partial charge on any atom is -0.353 e. The topological polar surface area (TPSA) is 54.9 Å². The summed E-state index contributed by atoms with van der Waals surface area (Å²) in [6, 6.07) is 0.208. The molecule has 0 radical (unpaired) electrons. The van der Waals surface area contributed by atoms with Gasteiger partial charge in [-0.05, 0) is 44.9 Å². The maximum Gasteiger partial charge on any atom is 0.220 e. The van der Waals surface area contributed by atoms with Crippen LogP contribution in [0.1, 0.15) is 44.1 Å².